The van der Waals surface area contributed by atoms with Crippen LogP contribution in [0.15, 0.2) is 36.4 Å². The third-order valence-corrected chi connectivity index (χ3v) is 152. The van der Waals surface area contributed by atoms with Gasteiger partial charge in [-0.05, 0) is 157 Å². The van der Waals surface area contributed by atoms with Crippen molar-refractivity contribution in [3.63, 3.8) is 0 Å². The van der Waals surface area contributed by atoms with Gasteiger partial charge in [-0.1, -0.05) is 259 Å². The summed E-state index contributed by atoms with van der Waals surface area (Å²) in [5.74, 6) is 1.98. The Hall–Kier alpha value is 5.38. The monoisotopic (exact) mass is 1920 g/mol. The SMILES string of the molecule is PP(P)P(P)P(P(P(P)P)P(P)P)P(P(P)P)P(P)P.[C-]#[N+]c1cc(-c2sc(-c3cc(OCCCCCCCCCCCC)c(-c4sc(C)cc4OCCCCCCCCCCCC)s3)cc2CCCCCCCCCCCC)sc1-c1sc(-c2sc(C)cc2CCCCCCCCCCCC)cc1C#N. The third-order valence-electron chi connectivity index (χ3n) is 18.7. The molecule has 12 unspecified atom stereocenters. The Morgan fingerprint density at radius 2 is 0.660 bits per heavy atom. The third kappa shape index (κ3) is 38.2. The molecule has 6 aromatic rings. The molecule has 6 aromatic heterocycles. The summed E-state index contributed by atoms with van der Waals surface area (Å²) in [6.45, 7) is 24.3. The number of rotatable bonds is 59. The largest absolute Gasteiger partial charge is 0.492 e. The summed E-state index contributed by atoms with van der Waals surface area (Å²) < 4.78 is 13.6. The molecule has 106 heavy (non-hydrogen) atoms. The lowest BCUT2D eigenvalue weighted by atomic mass is 10.0. The molecule has 6 rings (SSSR count). The summed E-state index contributed by atoms with van der Waals surface area (Å²) in [6, 6.07) is 16.3. The second-order valence-electron chi connectivity index (χ2n) is 27.9. The predicted molar refractivity (Wildman–Crippen MR) is 556 cm³/mol. The summed E-state index contributed by atoms with van der Waals surface area (Å²) in [5, 5.41) is 10.8. The molecule has 0 radical (unpaired) electrons. The van der Waals surface area contributed by atoms with Crippen molar-refractivity contribution in [2.45, 2.75) is 311 Å². The van der Waals surface area contributed by atoms with E-state index in [-0.39, 0.29) is 62.9 Å². The molecule has 0 aliphatic rings. The van der Waals surface area contributed by atoms with Gasteiger partial charge in [-0.2, -0.15) is 5.26 Å². The van der Waals surface area contributed by atoms with Gasteiger partial charge >= 0.3 is 0 Å². The lowest BCUT2D eigenvalue weighted by molar-refractivity contribution is 0.303. The fraction of sp³-hybridized carbons (Fsp3) is 0.658. The smallest absolute Gasteiger partial charge is 0.206 e. The van der Waals surface area contributed by atoms with Crippen LogP contribution in [0.1, 0.15) is 311 Å². The van der Waals surface area contributed by atoms with Gasteiger partial charge in [-0.25, -0.2) is 4.85 Å². The van der Waals surface area contributed by atoms with E-state index in [0.29, 0.717) is 11.3 Å². The number of hydrogen-bond acceptors (Lipinski definition) is 9. The number of unbranched alkanes of at least 4 members (excludes halogenated alkanes) is 36. The molecule has 0 spiro atoms. The van der Waals surface area contributed by atoms with Crippen molar-refractivity contribution >= 4 is 235 Å². The Kier molecular flexibility index (Phi) is 59.3. The quantitative estimate of drug-likeness (QED) is 0.0217. The van der Waals surface area contributed by atoms with Gasteiger partial charge in [0.05, 0.1) is 44.9 Å². The van der Waals surface area contributed by atoms with Crippen molar-refractivity contribution in [3.05, 3.63) is 74.3 Å². The zero-order chi connectivity index (χ0) is 77.0. The molecular weight excluding hydrogens is 1780 g/mol. The maximum Gasteiger partial charge on any atom is 0.206 e. The van der Waals surface area contributed by atoms with E-state index in [1.165, 1.54) is 288 Å². The number of thiophene rings is 6. The fourth-order valence-electron chi connectivity index (χ4n) is 13.0. The van der Waals surface area contributed by atoms with Crippen LogP contribution in [0.25, 0.3) is 53.6 Å². The van der Waals surface area contributed by atoms with Crippen molar-refractivity contribution in [1.82, 2.24) is 0 Å². The molecule has 0 fully saturated rings. The zero-order valence-electron chi connectivity index (χ0n) is 65.1. The van der Waals surface area contributed by atoms with Crippen molar-refractivity contribution in [2.24, 2.45) is 0 Å². The summed E-state index contributed by atoms with van der Waals surface area (Å²) in [4.78, 5) is 18.4. The van der Waals surface area contributed by atoms with Gasteiger partial charge in [0, 0.05) is 45.1 Å². The van der Waals surface area contributed by atoms with Gasteiger partial charge in [0.25, 0.3) is 0 Å². The molecule has 30 heteroatoms. The molecule has 0 N–H and O–H groups in total. The van der Waals surface area contributed by atoms with Crippen molar-refractivity contribution in [2.75, 3.05) is 13.2 Å². The van der Waals surface area contributed by atoms with Crippen LogP contribution in [0.2, 0.25) is 0 Å². The van der Waals surface area contributed by atoms with Crippen molar-refractivity contribution < 1.29 is 9.47 Å². The van der Waals surface area contributed by atoms with E-state index in [1.807, 2.05) is 45.3 Å². The topological polar surface area (TPSA) is 46.6 Å². The van der Waals surface area contributed by atoms with Crippen molar-refractivity contribution in [3.8, 4) is 66.3 Å². The first kappa shape index (κ1) is 102. The highest BCUT2D eigenvalue weighted by Gasteiger charge is 2.42. The van der Waals surface area contributed by atoms with Crippen LogP contribution in [0.4, 0.5) is 5.69 Å². The Morgan fingerprint density at radius 3 is 1.07 bits per heavy atom. The minimum absolute atomic E-state index is 0.0247. The van der Waals surface area contributed by atoms with Crippen LogP contribution < -0.4 is 9.47 Å². The highest BCUT2D eigenvalue weighted by Crippen LogP contribution is 3.30. The summed E-state index contributed by atoms with van der Waals surface area (Å²) in [6.07, 6.45) is 54.7. The molecular formula is C76H134N2O2P20S6. The molecule has 0 aromatic carbocycles. The van der Waals surface area contributed by atoms with E-state index in [9.17, 15) is 5.26 Å². The highest BCUT2D eigenvalue weighted by atomic mass is 33.4. The van der Waals surface area contributed by atoms with E-state index in [4.69, 9.17) is 16.0 Å². The molecule has 0 saturated carbocycles. The van der Waals surface area contributed by atoms with Crippen LogP contribution >= 0.6 is 229 Å². The second kappa shape index (κ2) is 61.6. The van der Waals surface area contributed by atoms with E-state index >= 15 is 0 Å². The molecule has 0 bridgehead atoms. The van der Waals surface area contributed by atoms with Crippen LogP contribution in [0.5, 0.6) is 11.5 Å². The number of nitriles is 1. The van der Waals surface area contributed by atoms with Crippen LogP contribution in [-0.2, 0) is 12.8 Å². The second-order valence-corrected chi connectivity index (χ2v) is 113. The highest BCUT2D eigenvalue weighted by molar-refractivity contribution is 9.36. The first-order chi connectivity index (χ1) is 51.3. The molecule has 6 heterocycles. The normalized spacial score (nSPS) is 12.2. The molecule has 0 aliphatic heterocycles. The maximum atomic E-state index is 10.8. The van der Waals surface area contributed by atoms with Crippen LogP contribution in [0, 0.1) is 31.8 Å². The van der Waals surface area contributed by atoms with Crippen LogP contribution in [0.3, 0.4) is 0 Å². The van der Waals surface area contributed by atoms with Gasteiger partial charge in [-0.3, -0.25) is 0 Å². The first-order valence-corrected chi connectivity index (χ1v) is 80.0. The summed E-state index contributed by atoms with van der Waals surface area (Å²) in [7, 11) is 34.7. The van der Waals surface area contributed by atoms with E-state index < -0.39 is 0 Å². The van der Waals surface area contributed by atoms with E-state index in [2.05, 4.69) is 187 Å². The van der Waals surface area contributed by atoms with Gasteiger partial charge < -0.3 is 9.47 Å². The molecule has 0 aliphatic carbocycles. The predicted octanol–water partition coefficient (Wildman–Crippen LogP) is 40.3. The van der Waals surface area contributed by atoms with E-state index in [1.54, 1.807) is 22.7 Å². The Labute approximate surface area is 707 Å². The Balaban J connectivity index is 0.000000875. The first-order valence-electron chi connectivity index (χ1n) is 39.5. The van der Waals surface area contributed by atoms with Crippen LogP contribution in [-0.4, -0.2) is 13.2 Å². The van der Waals surface area contributed by atoms with Gasteiger partial charge in [-0.15, -0.1) is 166 Å². The Bertz CT molecular complexity index is 3360. The van der Waals surface area contributed by atoms with Gasteiger partial charge in [0.1, 0.15) is 17.6 Å². The minimum atomic E-state index is 0.0247. The number of hydrogen-bond donors (Lipinski definition) is 0. The Morgan fingerprint density at radius 1 is 0.340 bits per heavy atom. The minimum Gasteiger partial charge on any atom is -0.492 e. The molecule has 0 saturated heterocycles. The average molecular weight is 1920 g/mol. The van der Waals surface area contributed by atoms with E-state index in [0.717, 1.165) is 76.3 Å². The summed E-state index contributed by atoms with van der Waals surface area (Å²) >= 11 is 10.9. The average Bonchev–Trinajstić information content (AvgIpc) is 1.57. The number of ether oxygens (including phenoxy) is 2. The van der Waals surface area contributed by atoms with Gasteiger partial charge in [0.15, 0.2) is 0 Å². The maximum absolute atomic E-state index is 10.8. The molecule has 0 amide bonds. The van der Waals surface area contributed by atoms with Crippen molar-refractivity contribution in [1.29, 1.82) is 5.26 Å². The molecule has 596 valence electrons. The lowest BCUT2D eigenvalue weighted by Gasteiger charge is -2.45. The zero-order valence-corrected chi connectivity index (χ0v) is 90.8. The lowest BCUT2D eigenvalue weighted by Crippen LogP contribution is -1.99. The molecule has 4 nitrogen and oxygen atoms in total. The number of nitrogens with zero attached hydrogens (tertiary/aromatic N) is 2. The summed E-state index contributed by atoms with van der Waals surface area (Å²) in [5.41, 5.74) is 4.13. The standard InChI is InChI=1S/C76H112N2O2S6.H22P20/c1-8-12-16-20-24-28-32-36-40-44-48-61-52-59(5)81-71(61)69-55-63(58-77)73(85-69)74-64(78-7)56-70(86-74)72-62(49-45-41-37-33-29-25-21-17-13-9-2)54-67(83-72)68-57-66(80-51-47-43-39-35-31-27-23-19-15-11-4)76(84-68)75-65(53-60(6)82-75)79-50-46-42-38-34-30-26-22-18-14-10-3;1-12(2)17(11)20(18(13(3)4)14(5)6)19(15(7)8)16(9)10/h52-57H,8-51H2,1-6H3;1-11H2. The number of aryl methyl sites for hydroxylation is 4. The van der Waals surface area contributed by atoms with Gasteiger partial charge in [0.2, 0.25) is 5.69 Å². The molecule has 12 atom stereocenters. The fourth-order valence-corrected chi connectivity index (χ4v) is 247.